The predicted octanol–water partition coefficient (Wildman–Crippen LogP) is 5.25. The summed E-state index contributed by atoms with van der Waals surface area (Å²) in [7, 11) is 0. The van der Waals surface area contributed by atoms with Crippen LogP contribution < -0.4 is 0 Å². The monoisotopic (exact) mass is 288 g/mol. The van der Waals surface area contributed by atoms with E-state index in [0.717, 1.165) is 19.3 Å². The molecule has 3 heteroatoms. The molecule has 0 aromatic rings. The van der Waals surface area contributed by atoms with E-state index in [4.69, 9.17) is 16.3 Å². The van der Waals surface area contributed by atoms with E-state index in [1.807, 2.05) is 0 Å². The lowest BCUT2D eigenvalue weighted by Crippen LogP contribution is -2.06. The van der Waals surface area contributed by atoms with Crippen molar-refractivity contribution in [1.82, 2.24) is 0 Å². The van der Waals surface area contributed by atoms with Gasteiger partial charge in [0.25, 0.3) is 0 Å². The minimum absolute atomic E-state index is 0.0435. The summed E-state index contributed by atoms with van der Waals surface area (Å²) in [5.74, 6) is -0.363. The van der Waals surface area contributed by atoms with Crippen molar-refractivity contribution in [2.24, 2.45) is 0 Å². The molecule has 0 aliphatic heterocycles. The van der Waals surface area contributed by atoms with Crippen LogP contribution in [0.4, 0.5) is 0 Å². The van der Waals surface area contributed by atoms with E-state index >= 15 is 0 Å². The molecule has 0 aromatic heterocycles. The Morgan fingerprint density at radius 1 is 0.947 bits per heavy atom. The molecule has 0 atom stereocenters. The molecule has 0 amide bonds. The van der Waals surface area contributed by atoms with Crippen molar-refractivity contribution in [2.75, 3.05) is 12.5 Å². The van der Waals surface area contributed by atoms with Gasteiger partial charge in [0.2, 0.25) is 0 Å². The van der Waals surface area contributed by atoms with Crippen LogP contribution in [0, 0.1) is 0 Å². The fourth-order valence-corrected chi connectivity index (χ4v) is 1.94. The van der Waals surface area contributed by atoms with E-state index in [0.29, 0.717) is 6.61 Å². The van der Waals surface area contributed by atoms with Crippen molar-refractivity contribution in [3.8, 4) is 0 Å². The number of carbonyl (C=O) groups is 1. The lowest BCUT2D eigenvalue weighted by molar-refractivity contribution is -0.140. The zero-order chi connectivity index (χ0) is 14.2. The van der Waals surface area contributed by atoms with Crippen LogP contribution in [0.1, 0.15) is 71.1 Å². The molecule has 0 radical (unpaired) electrons. The van der Waals surface area contributed by atoms with Crippen LogP contribution in [0.25, 0.3) is 0 Å². The van der Waals surface area contributed by atoms with Crippen molar-refractivity contribution in [3.05, 3.63) is 12.2 Å². The first kappa shape index (κ1) is 18.5. The molecule has 0 heterocycles. The second-order valence-corrected chi connectivity index (χ2v) is 5.14. The summed E-state index contributed by atoms with van der Waals surface area (Å²) in [4.78, 5) is 10.7. The van der Waals surface area contributed by atoms with Crippen LogP contribution in [-0.2, 0) is 9.53 Å². The van der Waals surface area contributed by atoms with Gasteiger partial charge in [-0.1, -0.05) is 51.2 Å². The first-order chi connectivity index (χ1) is 9.31. The number of allylic oxidation sites excluding steroid dienone is 2. The van der Waals surface area contributed by atoms with E-state index in [1.54, 1.807) is 0 Å². The van der Waals surface area contributed by atoms with E-state index in [9.17, 15) is 4.79 Å². The number of esters is 1. The summed E-state index contributed by atoms with van der Waals surface area (Å²) < 4.78 is 4.89. The Hall–Kier alpha value is -0.500. The number of unbranched alkanes of at least 4 members (excludes halogenated alkanes) is 8. The number of hydrogen-bond donors (Lipinski definition) is 0. The summed E-state index contributed by atoms with van der Waals surface area (Å²) in [6.07, 6.45) is 16.9. The largest absolute Gasteiger partial charge is 0.465 e. The number of hydrogen-bond acceptors (Lipinski definition) is 2. The highest BCUT2D eigenvalue weighted by atomic mass is 35.5. The van der Waals surface area contributed by atoms with Gasteiger partial charge in [-0.25, -0.2) is 0 Å². The maximum atomic E-state index is 10.7. The van der Waals surface area contributed by atoms with Crippen LogP contribution in [0.3, 0.4) is 0 Å². The van der Waals surface area contributed by atoms with Gasteiger partial charge < -0.3 is 4.74 Å². The Morgan fingerprint density at radius 3 is 2.16 bits per heavy atom. The van der Waals surface area contributed by atoms with Crippen molar-refractivity contribution in [3.63, 3.8) is 0 Å². The normalized spacial score (nSPS) is 11.1. The van der Waals surface area contributed by atoms with Gasteiger partial charge >= 0.3 is 5.97 Å². The maximum Gasteiger partial charge on any atom is 0.320 e. The van der Waals surface area contributed by atoms with Gasteiger partial charge in [-0.15, -0.1) is 11.6 Å². The van der Waals surface area contributed by atoms with Gasteiger partial charge in [0.1, 0.15) is 5.88 Å². The van der Waals surface area contributed by atoms with Crippen molar-refractivity contribution in [1.29, 1.82) is 0 Å². The first-order valence-corrected chi connectivity index (χ1v) is 8.21. The number of carbonyl (C=O) groups excluding carboxylic acids is 1. The Morgan fingerprint density at radius 2 is 1.53 bits per heavy atom. The topological polar surface area (TPSA) is 26.3 Å². The van der Waals surface area contributed by atoms with Gasteiger partial charge in [-0.3, -0.25) is 4.79 Å². The summed E-state index contributed by atoms with van der Waals surface area (Å²) in [5, 5.41) is 0. The molecular weight excluding hydrogens is 260 g/mol. The second-order valence-electron chi connectivity index (χ2n) is 4.88. The van der Waals surface area contributed by atoms with E-state index in [2.05, 4.69) is 19.1 Å². The summed E-state index contributed by atoms with van der Waals surface area (Å²) in [5.41, 5.74) is 0. The molecule has 0 rings (SSSR count). The Kier molecular flexibility index (Phi) is 15.1. The van der Waals surface area contributed by atoms with E-state index < -0.39 is 0 Å². The van der Waals surface area contributed by atoms with Crippen LogP contribution in [0.15, 0.2) is 12.2 Å². The van der Waals surface area contributed by atoms with Gasteiger partial charge in [-0.05, 0) is 32.1 Å². The summed E-state index contributed by atoms with van der Waals surface area (Å²) >= 11 is 5.32. The Labute approximate surface area is 123 Å². The van der Waals surface area contributed by atoms with Gasteiger partial charge in [0, 0.05) is 0 Å². The molecule has 0 bridgehead atoms. The van der Waals surface area contributed by atoms with Gasteiger partial charge in [0.05, 0.1) is 6.61 Å². The smallest absolute Gasteiger partial charge is 0.320 e. The van der Waals surface area contributed by atoms with E-state index in [1.165, 1.54) is 44.9 Å². The second kappa shape index (κ2) is 15.6. The number of rotatable bonds is 13. The molecule has 0 unspecified atom stereocenters. The minimum atomic E-state index is -0.319. The molecule has 0 fully saturated rings. The molecular formula is C16H29ClO2. The number of halogens is 1. The average molecular weight is 289 g/mol. The summed E-state index contributed by atoms with van der Waals surface area (Å²) in [6, 6.07) is 0. The molecule has 0 N–H and O–H groups in total. The van der Waals surface area contributed by atoms with Crippen LogP contribution in [-0.4, -0.2) is 18.5 Å². The molecule has 19 heavy (non-hydrogen) atoms. The minimum Gasteiger partial charge on any atom is -0.465 e. The van der Waals surface area contributed by atoms with Crippen molar-refractivity contribution >= 4 is 17.6 Å². The average Bonchev–Trinajstić information content (AvgIpc) is 2.43. The molecule has 0 spiro atoms. The van der Waals surface area contributed by atoms with Gasteiger partial charge in [0.15, 0.2) is 0 Å². The van der Waals surface area contributed by atoms with Crippen LogP contribution >= 0.6 is 11.6 Å². The lowest BCUT2D eigenvalue weighted by atomic mass is 10.1. The van der Waals surface area contributed by atoms with Crippen molar-refractivity contribution < 1.29 is 9.53 Å². The quantitative estimate of drug-likeness (QED) is 0.200. The van der Waals surface area contributed by atoms with E-state index in [-0.39, 0.29) is 11.8 Å². The molecule has 0 aromatic carbocycles. The number of ether oxygens (including phenoxy) is 1. The highest BCUT2D eigenvalue weighted by Crippen LogP contribution is 2.07. The molecule has 0 aliphatic rings. The zero-order valence-corrected chi connectivity index (χ0v) is 13.1. The third-order valence-corrected chi connectivity index (χ3v) is 3.25. The Bertz CT molecular complexity index is 227. The molecule has 2 nitrogen and oxygen atoms in total. The van der Waals surface area contributed by atoms with Gasteiger partial charge in [-0.2, -0.15) is 0 Å². The molecule has 0 aliphatic carbocycles. The third kappa shape index (κ3) is 15.4. The molecule has 0 saturated heterocycles. The van der Waals surface area contributed by atoms with Crippen molar-refractivity contribution in [2.45, 2.75) is 71.1 Å². The molecule has 112 valence electrons. The van der Waals surface area contributed by atoms with Crippen LogP contribution in [0.2, 0.25) is 0 Å². The Balaban J connectivity index is 3.11. The fourth-order valence-electron chi connectivity index (χ4n) is 1.87. The lowest BCUT2D eigenvalue weighted by Gasteiger charge is -2.00. The fraction of sp³-hybridized carbons (Fsp3) is 0.812. The number of alkyl halides is 1. The standard InChI is InChI=1S/C16H29ClO2/c1-2-3-4-5-6-7-8-9-10-11-12-13-14-19-16(18)15-17/h9-10H,2-8,11-15H2,1H3/b10-9+. The summed E-state index contributed by atoms with van der Waals surface area (Å²) in [6.45, 7) is 2.75. The SMILES string of the molecule is CCCCCCCC/C=C/CCCCOC(=O)CCl. The molecule has 0 saturated carbocycles. The first-order valence-electron chi connectivity index (χ1n) is 7.67. The predicted molar refractivity (Wildman–Crippen MR) is 82.7 cm³/mol. The zero-order valence-electron chi connectivity index (χ0n) is 12.3. The highest BCUT2D eigenvalue weighted by Gasteiger charge is 1.97. The maximum absolute atomic E-state index is 10.7. The highest BCUT2D eigenvalue weighted by molar-refractivity contribution is 6.26. The third-order valence-electron chi connectivity index (χ3n) is 3.03. The van der Waals surface area contributed by atoms with Crippen LogP contribution in [0.5, 0.6) is 0 Å².